The van der Waals surface area contributed by atoms with Gasteiger partial charge in [0.25, 0.3) is 0 Å². The molecule has 5 rings (SSSR count). The molecule has 0 aliphatic heterocycles. The van der Waals surface area contributed by atoms with E-state index in [-0.39, 0.29) is 10.8 Å². The molecule has 0 nitrogen and oxygen atoms in total. The quantitative estimate of drug-likeness (QED) is 0.156. The number of hydrogen-bond donors (Lipinski definition) is 0. The molecule has 0 N–H and O–H groups in total. The van der Waals surface area contributed by atoms with Crippen molar-refractivity contribution in [3.8, 4) is 0 Å². The van der Waals surface area contributed by atoms with E-state index in [0.29, 0.717) is 0 Å². The Bertz CT molecular complexity index is 665. The zero-order chi connectivity index (χ0) is 28.1. The van der Waals surface area contributed by atoms with Crippen LogP contribution in [0, 0.1) is 46.3 Å². The van der Waals surface area contributed by atoms with Gasteiger partial charge in [0.2, 0.25) is 0 Å². The van der Waals surface area contributed by atoms with Gasteiger partial charge < -0.3 is 0 Å². The Morgan fingerprint density at radius 1 is 0.450 bits per heavy atom. The van der Waals surface area contributed by atoms with Crippen molar-refractivity contribution in [2.45, 2.75) is 192 Å². The minimum atomic E-state index is -0.456. The molecule has 5 aliphatic rings. The van der Waals surface area contributed by atoms with Gasteiger partial charge in [0.05, 0.1) is 0 Å². The van der Waals surface area contributed by atoms with Gasteiger partial charge in [-0.05, 0) is 119 Å². The fourth-order valence-electron chi connectivity index (χ4n) is 11.3. The van der Waals surface area contributed by atoms with E-state index in [9.17, 15) is 0 Å². The maximum absolute atomic E-state index is 7.49. The average Bonchev–Trinajstić information content (AvgIpc) is 2.99. The van der Waals surface area contributed by atoms with Crippen LogP contribution in [0.2, 0.25) is 0 Å². The summed E-state index contributed by atoms with van der Waals surface area (Å²) in [4.78, 5) is 0. The summed E-state index contributed by atoms with van der Waals surface area (Å²) in [7, 11) is 0. The Morgan fingerprint density at radius 2 is 0.800 bits per heavy atom. The first-order valence-electron chi connectivity index (χ1n) is 18.8. The number of hydrogen-bond acceptors (Lipinski definition) is 0. The monoisotopic (exact) mass is 592 g/mol. The molecule has 5 saturated carbocycles. The molecule has 232 valence electrons. The summed E-state index contributed by atoms with van der Waals surface area (Å²) in [5.41, 5.74) is 0.484. The van der Waals surface area contributed by atoms with Gasteiger partial charge in [-0.15, -0.1) is 23.2 Å². The molecule has 0 radical (unpaired) electrons. The maximum Gasteiger partial charge on any atom is 0.129 e. The molecule has 0 aromatic carbocycles. The van der Waals surface area contributed by atoms with Crippen molar-refractivity contribution in [1.82, 2.24) is 0 Å². The predicted octanol–water partition coefficient (Wildman–Crippen LogP) is 13.5. The lowest BCUT2D eigenvalue weighted by Crippen LogP contribution is -2.66. The van der Waals surface area contributed by atoms with E-state index in [1.54, 1.807) is 0 Å². The van der Waals surface area contributed by atoms with Crippen molar-refractivity contribution < 1.29 is 0 Å². The van der Waals surface area contributed by atoms with Crippen LogP contribution >= 0.6 is 23.2 Å². The molecule has 0 amide bonds. The fourth-order valence-corrected chi connectivity index (χ4v) is 12.3. The first-order valence-corrected chi connectivity index (χ1v) is 19.6. The second-order valence-corrected chi connectivity index (χ2v) is 17.6. The summed E-state index contributed by atoms with van der Waals surface area (Å²) in [5, 5.41) is 0. The van der Waals surface area contributed by atoms with Crippen molar-refractivity contribution in [2.24, 2.45) is 46.3 Å². The number of halogens is 2. The lowest BCUT2D eigenvalue weighted by Gasteiger charge is -2.69. The molecule has 2 spiro atoms. The minimum absolute atomic E-state index is 0.242. The van der Waals surface area contributed by atoms with E-state index in [4.69, 9.17) is 23.2 Å². The molecular formula is C38H66Cl2. The molecule has 0 aromatic rings. The third-order valence-electron chi connectivity index (χ3n) is 14.0. The van der Waals surface area contributed by atoms with Crippen LogP contribution in [0.3, 0.4) is 0 Å². The second-order valence-electron chi connectivity index (χ2n) is 16.2. The molecule has 40 heavy (non-hydrogen) atoms. The average molecular weight is 594 g/mol. The van der Waals surface area contributed by atoms with Crippen LogP contribution in [-0.4, -0.2) is 4.33 Å². The SMILES string of the molecule is CCCCCC[C@H]1CC[C@H](C2CCC3(CC2)CC2(CCC([C@H]4CC[C@H](CCCCCC)CC4)CC2)C3(Cl)Cl)CC1. The van der Waals surface area contributed by atoms with Gasteiger partial charge in [-0.25, -0.2) is 0 Å². The summed E-state index contributed by atoms with van der Waals surface area (Å²) >= 11 is 15.0. The predicted molar refractivity (Wildman–Crippen MR) is 176 cm³/mol. The smallest absolute Gasteiger partial charge is 0.100 e. The molecule has 0 bridgehead atoms. The maximum atomic E-state index is 7.49. The van der Waals surface area contributed by atoms with Crippen LogP contribution in [-0.2, 0) is 0 Å². The van der Waals surface area contributed by atoms with E-state index in [1.165, 1.54) is 173 Å². The van der Waals surface area contributed by atoms with Crippen LogP contribution in [0.5, 0.6) is 0 Å². The molecule has 2 heteroatoms. The molecule has 0 aromatic heterocycles. The van der Waals surface area contributed by atoms with Gasteiger partial charge in [-0.1, -0.05) is 104 Å². The Labute approximate surface area is 260 Å². The van der Waals surface area contributed by atoms with Gasteiger partial charge >= 0.3 is 0 Å². The Balaban J connectivity index is 1.01. The van der Waals surface area contributed by atoms with Crippen molar-refractivity contribution in [1.29, 1.82) is 0 Å². The molecule has 0 heterocycles. The molecule has 5 aliphatic carbocycles. The molecule has 0 unspecified atom stereocenters. The summed E-state index contributed by atoms with van der Waals surface area (Å²) < 4.78 is -0.456. The minimum Gasteiger partial charge on any atom is -0.100 e. The Kier molecular flexibility index (Phi) is 11.7. The van der Waals surface area contributed by atoms with Gasteiger partial charge in [0.15, 0.2) is 0 Å². The van der Waals surface area contributed by atoms with Crippen LogP contribution in [0.1, 0.15) is 187 Å². The normalized spacial score (nSPS) is 41.7. The summed E-state index contributed by atoms with van der Waals surface area (Å²) in [6.07, 6.45) is 38.8. The van der Waals surface area contributed by atoms with E-state index in [1.807, 2.05) is 0 Å². The van der Waals surface area contributed by atoms with Crippen LogP contribution in [0.25, 0.3) is 0 Å². The molecule has 5 fully saturated rings. The zero-order valence-electron chi connectivity index (χ0n) is 26.8. The third-order valence-corrected chi connectivity index (χ3v) is 15.6. The van der Waals surface area contributed by atoms with Gasteiger partial charge in [-0.2, -0.15) is 0 Å². The van der Waals surface area contributed by atoms with E-state index in [0.717, 1.165) is 35.5 Å². The Hall–Kier alpha value is 0.580. The van der Waals surface area contributed by atoms with Crippen LogP contribution in [0.15, 0.2) is 0 Å². The topological polar surface area (TPSA) is 0 Å². The van der Waals surface area contributed by atoms with Crippen molar-refractivity contribution in [2.75, 3.05) is 0 Å². The third kappa shape index (κ3) is 6.94. The lowest BCUT2D eigenvalue weighted by atomic mass is 9.42. The van der Waals surface area contributed by atoms with Crippen molar-refractivity contribution in [3.05, 3.63) is 0 Å². The largest absolute Gasteiger partial charge is 0.129 e. The highest BCUT2D eigenvalue weighted by Crippen LogP contribution is 2.77. The lowest BCUT2D eigenvalue weighted by molar-refractivity contribution is -0.122. The molecule has 0 saturated heterocycles. The Morgan fingerprint density at radius 3 is 1.12 bits per heavy atom. The van der Waals surface area contributed by atoms with Gasteiger partial charge in [0.1, 0.15) is 4.33 Å². The zero-order valence-corrected chi connectivity index (χ0v) is 28.3. The summed E-state index contributed by atoms with van der Waals surface area (Å²) in [5.74, 6) is 6.00. The summed E-state index contributed by atoms with van der Waals surface area (Å²) in [6, 6.07) is 0. The first kappa shape index (κ1) is 32.0. The van der Waals surface area contributed by atoms with E-state index < -0.39 is 4.33 Å². The van der Waals surface area contributed by atoms with Crippen molar-refractivity contribution >= 4 is 23.2 Å². The molecule has 0 atom stereocenters. The van der Waals surface area contributed by atoms with E-state index in [2.05, 4.69) is 13.8 Å². The number of rotatable bonds is 12. The highest BCUT2D eigenvalue weighted by molar-refractivity contribution is 6.50. The van der Waals surface area contributed by atoms with Gasteiger partial charge in [-0.3, -0.25) is 0 Å². The van der Waals surface area contributed by atoms with Crippen LogP contribution < -0.4 is 0 Å². The fraction of sp³-hybridized carbons (Fsp3) is 1.00. The number of alkyl halides is 2. The highest BCUT2D eigenvalue weighted by Gasteiger charge is 2.72. The highest BCUT2D eigenvalue weighted by atomic mass is 35.5. The van der Waals surface area contributed by atoms with Gasteiger partial charge in [0, 0.05) is 10.8 Å². The van der Waals surface area contributed by atoms with Crippen molar-refractivity contribution in [3.63, 3.8) is 0 Å². The standard InChI is InChI=1S/C38H66Cl2/c1-3-5-7-9-11-30-13-17-32(18-14-30)34-21-25-36(26-22-34)29-37(38(36,39)40)27-23-35(24-28-37)33-19-15-31(16-20-33)12-10-8-6-4-2/h30-35H,3-29H2,1-2H3/t30-,31-,32-,33-,34?,35?,36?,37?. The van der Waals surface area contributed by atoms with Crippen LogP contribution in [0.4, 0.5) is 0 Å². The molecular weight excluding hydrogens is 527 g/mol. The number of unbranched alkanes of at least 4 members (excludes halogenated alkanes) is 6. The van der Waals surface area contributed by atoms with E-state index >= 15 is 0 Å². The first-order chi connectivity index (χ1) is 19.4. The second kappa shape index (κ2) is 14.6. The summed E-state index contributed by atoms with van der Waals surface area (Å²) in [6.45, 7) is 4.66.